The lowest BCUT2D eigenvalue weighted by molar-refractivity contribution is 0.286. The average molecular weight is 307 g/mol. The molecule has 0 amide bonds. The van der Waals surface area contributed by atoms with E-state index in [0.717, 1.165) is 48.1 Å². The molecule has 3 aromatic rings. The molecule has 2 aromatic heterocycles. The van der Waals surface area contributed by atoms with Crippen LogP contribution in [0.2, 0.25) is 0 Å². The number of aromatic amines is 1. The van der Waals surface area contributed by atoms with E-state index in [1.807, 2.05) is 24.4 Å². The maximum absolute atomic E-state index is 13.6. The molecular weight excluding hydrogens is 289 g/mol. The van der Waals surface area contributed by atoms with Crippen molar-refractivity contribution in [2.75, 3.05) is 13.1 Å². The number of fused-ring (bicyclic) bond motifs is 3. The number of rotatable bonds is 3. The number of hydrogen-bond donors (Lipinski definition) is 1. The number of benzene rings is 1. The van der Waals surface area contributed by atoms with Crippen LogP contribution in [-0.2, 0) is 13.0 Å². The highest BCUT2D eigenvalue weighted by molar-refractivity contribution is 5.85. The van der Waals surface area contributed by atoms with E-state index < -0.39 is 0 Å². The van der Waals surface area contributed by atoms with Crippen molar-refractivity contribution in [3.05, 3.63) is 71.9 Å². The van der Waals surface area contributed by atoms with E-state index in [4.69, 9.17) is 0 Å². The van der Waals surface area contributed by atoms with E-state index in [9.17, 15) is 4.39 Å². The summed E-state index contributed by atoms with van der Waals surface area (Å²) in [7, 11) is 0. The summed E-state index contributed by atoms with van der Waals surface area (Å²) in [4.78, 5) is 9.93. The largest absolute Gasteiger partial charge is 0.358 e. The third kappa shape index (κ3) is 2.66. The smallest absolute Gasteiger partial charge is 0.123 e. The lowest BCUT2D eigenvalue weighted by Crippen LogP contribution is -2.31. The van der Waals surface area contributed by atoms with Gasteiger partial charge in [-0.25, -0.2) is 4.39 Å². The van der Waals surface area contributed by atoms with Crippen LogP contribution in [0.4, 0.5) is 4.39 Å². The number of aromatic nitrogens is 2. The summed E-state index contributed by atoms with van der Waals surface area (Å²) in [6, 6.07) is 8.92. The molecule has 0 radical (unpaired) electrons. The predicted molar refractivity (Wildman–Crippen MR) is 90.5 cm³/mol. The second kappa shape index (κ2) is 5.63. The molecule has 3 heterocycles. The number of H-pyrrole nitrogens is 1. The average Bonchev–Trinajstić information content (AvgIpc) is 2.93. The molecule has 0 saturated carbocycles. The number of nitrogens with zero attached hydrogens (tertiary/aromatic N) is 2. The van der Waals surface area contributed by atoms with Crippen molar-refractivity contribution in [1.29, 1.82) is 0 Å². The van der Waals surface area contributed by atoms with Gasteiger partial charge >= 0.3 is 0 Å². The Kier molecular flexibility index (Phi) is 3.46. The molecule has 0 aliphatic carbocycles. The van der Waals surface area contributed by atoms with Gasteiger partial charge in [0.2, 0.25) is 0 Å². The highest BCUT2D eigenvalue weighted by Crippen LogP contribution is 2.29. The molecule has 0 fully saturated rings. The first kappa shape index (κ1) is 14.2. The van der Waals surface area contributed by atoms with E-state index in [2.05, 4.69) is 21.4 Å². The second-order valence-electron chi connectivity index (χ2n) is 6.08. The van der Waals surface area contributed by atoms with E-state index in [1.165, 1.54) is 17.3 Å². The Morgan fingerprint density at radius 2 is 2.26 bits per heavy atom. The van der Waals surface area contributed by atoms with Gasteiger partial charge in [0.25, 0.3) is 0 Å². The Morgan fingerprint density at radius 3 is 3.09 bits per heavy atom. The summed E-state index contributed by atoms with van der Waals surface area (Å²) < 4.78 is 13.6. The third-order valence-corrected chi connectivity index (χ3v) is 4.50. The standard InChI is InChI=1S/C19H18FN3/c1-13(14-3-2-7-21-10-14)11-23-8-6-19-17(12-23)16-9-15(20)4-5-18(16)22-19/h2-5,7,9-10,22H,1,6,8,11-12H2. The van der Waals surface area contributed by atoms with Gasteiger partial charge in [0.1, 0.15) is 5.82 Å². The van der Waals surface area contributed by atoms with E-state index in [1.54, 1.807) is 12.3 Å². The van der Waals surface area contributed by atoms with Gasteiger partial charge in [0, 0.05) is 55.0 Å². The van der Waals surface area contributed by atoms with Gasteiger partial charge in [-0.05, 0) is 41.0 Å². The fraction of sp³-hybridized carbons (Fsp3) is 0.211. The highest BCUT2D eigenvalue weighted by atomic mass is 19.1. The van der Waals surface area contributed by atoms with Crippen LogP contribution in [0, 0.1) is 5.82 Å². The van der Waals surface area contributed by atoms with Crippen LogP contribution in [0.1, 0.15) is 16.8 Å². The molecule has 4 heteroatoms. The maximum atomic E-state index is 13.6. The molecular formula is C19H18FN3. The molecule has 0 unspecified atom stereocenters. The van der Waals surface area contributed by atoms with Gasteiger partial charge in [-0.1, -0.05) is 12.6 Å². The summed E-state index contributed by atoms with van der Waals surface area (Å²) in [6.45, 7) is 6.78. The Bertz CT molecular complexity index is 867. The fourth-order valence-corrected chi connectivity index (χ4v) is 3.31. The molecule has 0 spiro atoms. The van der Waals surface area contributed by atoms with Crippen LogP contribution < -0.4 is 0 Å². The Labute approximate surface area is 134 Å². The minimum Gasteiger partial charge on any atom is -0.358 e. The van der Waals surface area contributed by atoms with Crippen LogP contribution >= 0.6 is 0 Å². The summed E-state index contributed by atoms with van der Waals surface area (Å²) in [5.74, 6) is -0.184. The van der Waals surface area contributed by atoms with Gasteiger partial charge in [-0.2, -0.15) is 0 Å². The lowest BCUT2D eigenvalue weighted by Gasteiger charge is -2.27. The highest BCUT2D eigenvalue weighted by Gasteiger charge is 2.21. The van der Waals surface area contributed by atoms with Gasteiger partial charge in [-0.3, -0.25) is 9.88 Å². The predicted octanol–water partition coefficient (Wildman–Crippen LogP) is 3.77. The van der Waals surface area contributed by atoms with Crippen molar-refractivity contribution in [3.8, 4) is 0 Å². The molecule has 1 aliphatic heterocycles. The van der Waals surface area contributed by atoms with E-state index >= 15 is 0 Å². The fourth-order valence-electron chi connectivity index (χ4n) is 3.31. The van der Waals surface area contributed by atoms with Crippen molar-refractivity contribution in [3.63, 3.8) is 0 Å². The number of hydrogen-bond acceptors (Lipinski definition) is 2. The Morgan fingerprint density at radius 1 is 1.35 bits per heavy atom. The summed E-state index contributed by atoms with van der Waals surface area (Å²) in [5, 5.41) is 0.997. The molecule has 1 aromatic carbocycles. The molecule has 23 heavy (non-hydrogen) atoms. The molecule has 3 nitrogen and oxygen atoms in total. The molecule has 1 aliphatic rings. The summed E-state index contributed by atoms with van der Waals surface area (Å²) in [5.41, 5.74) is 5.60. The number of halogens is 1. The number of nitrogens with one attached hydrogen (secondary N) is 1. The van der Waals surface area contributed by atoms with E-state index in [-0.39, 0.29) is 5.82 Å². The van der Waals surface area contributed by atoms with Crippen LogP contribution in [0.5, 0.6) is 0 Å². The van der Waals surface area contributed by atoms with Crippen LogP contribution in [0.15, 0.2) is 49.3 Å². The minimum atomic E-state index is -0.184. The normalized spacial score (nSPS) is 14.8. The zero-order valence-electron chi connectivity index (χ0n) is 12.8. The number of pyridine rings is 1. The molecule has 0 saturated heterocycles. The monoisotopic (exact) mass is 307 g/mol. The first-order valence-corrected chi connectivity index (χ1v) is 7.80. The van der Waals surface area contributed by atoms with Crippen molar-refractivity contribution in [1.82, 2.24) is 14.9 Å². The van der Waals surface area contributed by atoms with Crippen molar-refractivity contribution in [2.45, 2.75) is 13.0 Å². The van der Waals surface area contributed by atoms with Crippen molar-refractivity contribution >= 4 is 16.5 Å². The molecule has 1 N–H and O–H groups in total. The Balaban J connectivity index is 1.57. The van der Waals surface area contributed by atoms with E-state index in [0.29, 0.717) is 0 Å². The molecule has 116 valence electrons. The third-order valence-electron chi connectivity index (χ3n) is 4.50. The second-order valence-corrected chi connectivity index (χ2v) is 6.08. The topological polar surface area (TPSA) is 31.9 Å². The summed E-state index contributed by atoms with van der Waals surface area (Å²) in [6.07, 6.45) is 4.56. The van der Waals surface area contributed by atoms with Crippen LogP contribution in [0.3, 0.4) is 0 Å². The maximum Gasteiger partial charge on any atom is 0.123 e. The Hall–Kier alpha value is -2.46. The first-order valence-electron chi connectivity index (χ1n) is 7.80. The minimum absolute atomic E-state index is 0.184. The van der Waals surface area contributed by atoms with Crippen LogP contribution in [-0.4, -0.2) is 28.0 Å². The molecule has 0 atom stereocenters. The van der Waals surface area contributed by atoms with Gasteiger partial charge in [-0.15, -0.1) is 0 Å². The van der Waals surface area contributed by atoms with Gasteiger partial charge < -0.3 is 4.98 Å². The quantitative estimate of drug-likeness (QED) is 0.798. The SMILES string of the molecule is C=C(CN1CCc2[nH]c3ccc(F)cc3c2C1)c1cccnc1. The zero-order valence-corrected chi connectivity index (χ0v) is 12.8. The van der Waals surface area contributed by atoms with Gasteiger partial charge in [0.15, 0.2) is 0 Å². The van der Waals surface area contributed by atoms with Crippen molar-refractivity contribution < 1.29 is 4.39 Å². The molecule has 0 bridgehead atoms. The summed E-state index contributed by atoms with van der Waals surface area (Å²) >= 11 is 0. The first-order chi connectivity index (χ1) is 11.2. The van der Waals surface area contributed by atoms with Crippen LogP contribution in [0.25, 0.3) is 16.5 Å². The van der Waals surface area contributed by atoms with Gasteiger partial charge in [0.05, 0.1) is 0 Å². The molecule has 4 rings (SSSR count). The lowest BCUT2D eigenvalue weighted by atomic mass is 10.0. The van der Waals surface area contributed by atoms with Crippen molar-refractivity contribution in [2.24, 2.45) is 0 Å². The zero-order chi connectivity index (χ0) is 15.8.